The zero-order chi connectivity index (χ0) is 21.6. The molecule has 0 aliphatic rings. The predicted molar refractivity (Wildman–Crippen MR) is 109 cm³/mol. The molecule has 0 radical (unpaired) electrons. The van der Waals surface area contributed by atoms with Crippen molar-refractivity contribution in [1.82, 2.24) is 0 Å². The Hall–Kier alpha value is -1.26. The van der Waals surface area contributed by atoms with Crippen LogP contribution in [-0.2, 0) is 9.84 Å². The van der Waals surface area contributed by atoms with Gasteiger partial charge in [0.1, 0.15) is 31.2 Å². The van der Waals surface area contributed by atoms with Gasteiger partial charge in [-0.1, -0.05) is 23.2 Å². The molecule has 2 rings (SSSR count). The van der Waals surface area contributed by atoms with Crippen LogP contribution in [0.15, 0.2) is 46.2 Å². The van der Waals surface area contributed by atoms with Crippen LogP contribution < -0.4 is 9.47 Å². The maximum absolute atomic E-state index is 12.9. The molecular weight excluding hydrogens is 467 g/mol. The first-order valence-corrected chi connectivity index (χ1v) is 11.1. The van der Waals surface area contributed by atoms with Gasteiger partial charge in [0.05, 0.1) is 32.3 Å². The summed E-state index contributed by atoms with van der Waals surface area (Å²) in [4.78, 5) is -0.159. The summed E-state index contributed by atoms with van der Waals surface area (Å²) in [7, 11) is -3.93. The number of halogens is 3. The van der Waals surface area contributed by atoms with Crippen molar-refractivity contribution < 1.29 is 33.2 Å². The number of benzene rings is 2. The fraction of sp³-hybridized carbons (Fsp3) is 0.333. The molecule has 160 valence electrons. The zero-order valence-electron chi connectivity index (χ0n) is 15.0. The minimum atomic E-state index is -3.93. The van der Waals surface area contributed by atoms with Gasteiger partial charge in [0.25, 0.3) is 0 Å². The van der Waals surface area contributed by atoms with E-state index in [9.17, 15) is 18.6 Å². The van der Waals surface area contributed by atoms with Gasteiger partial charge >= 0.3 is 0 Å². The lowest BCUT2D eigenvalue weighted by Crippen LogP contribution is -2.21. The third-order valence-corrected chi connectivity index (χ3v) is 6.33. The largest absolute Gasteiger partial charge is 0.491 e. The van der Waals surface area contributed by atoms with Crippen LogP contribution in [0.1, 0.15) is 0 Å². The molecule has 0 saturated heterocycles. The summed E-state index contributed by atoms with van der Waals surface area (Å²) in [6.45, 7) is -0.728. The molecule has 0 aromatic heterocycles. The van der Waals surface area contributed by atoms with Crippen molar-refractivity contribution in [3.63, 3.8) is 0 Å². The standard InChI is InChI=1S/C18H19Cl3O7S/c19-7-11(23)9-28-18-16(20)5-15(6-17(18)21)29(25,26)14-3-1-13(2-4-14)27-10-12(24)8-22/h1-6,11-12,22-24H,7-10H2/t11-,12+/m1/s1. The number of ether oxygens (including phenoxy) is 2. The van der Waals surface area contributed by atoms with Crippen molar-refractivity contribution in [2.24, 2.45) is 0 Å². The summed E-state index contributed by atoms with van der Waals surface area (Å²) in [5, 5.41) is 27.5. The van der Waals surface area contributed by atoms with Gasteiger partial charge in [-0.05, 0) is 36.4 Å². The maximum atomic E-state index is 12.9. The van der Waals surface area contributed by atoms with Gasteiger partial charge in [-0.3, -0.25) is 0 Å². The number of aliphatic hydroxyl groups excluding tert-OH is 3. The van der Waals surface area contributed by atoms with E-state index in [-0.39, 0.29) is 44.7 Å². The molecule has 0 amide bonds. The Morgan fingerprint density at radius 1 is 0.897 bits per heavy atom. The van der Waals surface area contributed by atoms with Gasteiger partial charge in [-0.15, -0.1) is 11.6 Å². The highest BCUT2D eigenvalue weighted by molar-refractivity contribution is 7.91. The molecule has 0 aliphatic carbocycles. The first-order chi connectivity index (χ1) is 13.7. The van der Waals surface area contributed by atoms with Gasteiger partial charge < -0.3 is 24.8 Å². The smallest absolute Gasteiger partial charge is 0.206 e. The summed E-state index contributed by atoms with van der Waals surface area (Å²) in [5.74, 6) is 0.331. The van der Waals surface area contributed by atoms with Crippen molar-refractivity contribution in [1.29, 1.82) is 0 Å². The van der Waals surface area contributed by atoms with E-state index in [0.29, 0.717) is 5.75 Å². The highest BCUT2D eigenvalue weighted by Gasteiger charge is 2.22. The average molecular weight is 486 g/mol. The number of rotatable bonds is 10. The van der Waals surface area contributed by atoms with E-state index in [4.69, 9.17) is 49.4 Å². The third kappa shape index (κ3) is 6.36. The number of aliphatic hydroxyl groups is 3. The average Bonchev–Trinajstić information content (AvgIpc) is 2.71. The van der Waals surface area contributed by atoms with E-state index in [0.717, 1.165) is 0 Å². The molecule has 0 heterocycles. The summed E-state index contributed by atoms with van der Waals surface area (Å²) in [5.41, 5.74) is 0. The quantitative estimate of drug-likeness (QED) is 0.443. The summed E-state index contributed by atoms with van der Waals surface area (Å²) in [6.07, 6.45) is -1.96. The lowest BCUT2D eigenvalue weighted by molar-refractivity contribution is 0.0536. The molecule has 0 unspecified atom stereocenters. The molecule has 11 heteroatoms. The van der Waals surface area contributed by atoms with Gasteiger partial charge in [0, 0.05) is 0 Å². The molecule has 0 aliphatic heterocycles. The van der Waals surface area contributed by atoms with E-state index < -0.39 is 28.7 Å². The molecule has 2 atom stereocenters. The van der Waals surface area contributed by atoms with Gasteiger partial charge in [-0.25, -0.2) is 8.42 Å². The molecule has 3 N–H and O–H groups in total. The van der Waals surface area contributed by atoms with E-state index in [2.05, 4.69) is 0 Å². The molecule has 0 saturated carbocycles. The van der Waals surface area contributed by atoms with Crippen molar-refractivity contribution in [3.05, 3.63) is 46.4 Å². The maximum Gasteiger partial charge on any atom is 0.206 e. The summed E-state index contributed by atoms with van der Waals surface area (Å²) in [6, 6.07) is 7.91. The SMILES string of the molecule is O=S(=O)(c1ccc(OC[C@@H](O)CO)cc1)c1cc(Cl)c(OC[C@H](O)CCl)c(Cl)c1. The van der Waals surface area contributed by atoms with E-state index >= 15 is 0 Å². The zero-order valence-corrected chi connectivity index (χ0v) is 18.0. The van der Waals surface area contributed by atoms with Crippen LogP contribution in [0.3, 0.4) is 0 Å². The number of alkyl halides is 1. The molecule has 2 aromatic carbocycles. The Kier molecular flexibility index (Phi) is 8.84. The fourth-order valence-corrected chi connectivity index (χ4v) is 4.28. The first-order valence-electron chi connectivity index (χ1n) is 8.31. The molecule has 7 nitrogen and oxygen atoms in total. The molecule has 0 fully saturated rings. The second kappa shape index (κ2) is 10.7. The Bertz CT molecular complexity index is 897. The predicted octanol–water partition coefficient (Wildman–Crippen LogP) is 2.54. The molecule has 2 aromatic rings. The summed E-state index contributed by atoms with van der Waals surface area (Å²) < 4.78 is 36.3. The van der Waals surface area contributed by atoms with Crippen LogP contribution in [-0.4, -0.2) is 61.6 Å². The Labute approximate surface area is 183 Å². The molecule has 29 heavy (non-hydrogen) atoms. The van der Waals surface area contributed by atoms with Crippen LogP contribution in [0, 0.1) is 0 Å². The monoisotopic (exact) mass is 484 g/mol. The molecule has 0 spiro atoms. The second-order valence-corrected chi connectivity index (χ2v) is 9.03. The Morgan fingerprint density at radius 3 is 1.97 bits per heavy atom. The van der Waals surface area contributed by atoms with Crippen molar-refractivity contribution in [3.8, 4) is 11.5 Å². The third-order valence-electron chi connectivity index (χ3n) is 3.67. The Morgan fingerprint density at radius 2 is 1.45 bits per heavy atom. The minimum Gasteiger partial charge on any atom is -0.491 e. The highest BCUT2D eigenvalue weighted by atomic mass is 35.5. The lowest BCUT2D eigenvalue weighted by atomic mass is 10.3. The Balaban J connectivity index is 2.22. The fourth-order valence-electron chi connectivity index (χ4n) is 2.15. The topological polar surface area (TPSA) is 113 Å². The van der Waals surface area contributed by atoms with Crippen molar-refractivity contribution in [2.45, 2.75) is 22.0 Å². The van der Waals surface area contributed by atoms with Gasteiger partial charge in [0.15, 0.2) is 5.75 Å². The van der Waals surface area contributed by atoms with Gasteiger partial charge in [-0.2, -0.15) is 0 Å². The van der Waals surface area contributed by atoms with Crippen molar-refractivity contribution >= 4 is 44.6 Å². The number of hydrogen-bond donors (Lipinski definition) is 3. The van der Waals surface area contributed by atoms with Crippen LogP contribution in [0.25, 0.3) is 0 Å². The number of hydrogen-bond acceptors (Lipinski definition) is 7. The molecular formula is C18H19Cl3O7S. The van der Waals surface area contributed by atoms with E-state index in [1.165, 1.54) is 36.4 Å². The van der Waals surface area contributed by atoms with E-state index in [1.54, 1.807) is 0 Å². The van der Waals surface area contributed by atoms with Crippen LogP contribution >= 0.6 is 34.8 Å². The minimum absolute atomic E-state index is 0.0223. The van der Waals surface area contributed by atoms with E-state index in [1.807, 2.05) is 0 Å². The molecule has 0 bridgehead atoms. The van der Waals surface area contributed by atoms with Gasteiger partial charge in [0.2, 0.25) is 9.84 Å². The van der Waals surface area contributed by atoms with Crippen LogP contribution in [0.5, 0.6) is 11.5 Å². The van der Waals surface area contributed by atoms with Crippen molar-refractivity contribution in [2.75, 3.05) is 25.7 Å². The van der Waals surface area contributed by atoms with Crippen LogP contribution in [0.4, 0.5) is 0 Å². The summed E-state index contributed by atoms with van der Waals surface area (Å²) >= 11 is 17.7. The highest BCUT2D eigenvalue weighted by Crippen LogP contribution is 2.37. The van der Waals surface area contributed by atoms with Crippen LogP contribution in [0.2, 0.25) is 10.0 Å². The lowest BCUT2D eigenvalue weighted by Gasteiger charge is -2.14. The normalized spacial score (nSPS) is 13.7. The second-order valence-electron chi connectivity index (χ2n) is 5.96. The first kappa shape index (κ1) is 24.0. The number of sulfone groups is 1.